The van der Waals surface area contributed by atoms with E-state index in [1.54, 1.807) is 0 Å². The number of pyridine rings is 1. The van der Waals surface area contributed by atoms with Crippen molar-refractivity contribution in [3.8, 4) is 0 Å². The van der Waals surface area contributed by atoms with Gasteiger partial charge >= 0.3 is 0 Å². The van der Waals surface area contributed by atoms with Crippen LogP contribution >= 0.6 is 24.8 Å². The van der Waals surface area contributed by atoms with E-state index < -0.39 is 0 Å². The fraction of sp³-hybridized carbons (Fsp3) is 0.625. The number of hydrogen-bond donors (Lipinski definition) is 2. The Morgan fingerprint density at radius 2 is 1.70 bits per heavy atom. The molecule has 3 fully saturated rings. The number of β-amino-alcohol motifs (C(OH)–C–C–N with tert-alkyl or cyclic N) is 1. The Morgan fingerprint density at radius 1 is 0.967 bits per heavy atom. The van der Waals surface area contributed by atoms with Gasteiger partial charge in [0, 0.05) is 36.1 Å². The summed E-state index contributed by atoms with van der Waals surface area (Å²) in [5.41, 5.74) is 2.79. The highest BCUT2D eigenvalue weighted by atomic mass is 35.5. The van der Waals surface area contributed by atoms with Gasteiger partial charge in [0.05, 0.1) is 11.6 Å². The molecule has 5 rings (SSSR count). The van der Waals surface area contributed by atoms with E-state index in [0.29, 0.717) is 17.4 Å². The Kier molecular flexibility index (Phi) is 8.03. The van der Waals surface area contributed by atoms with Gasteiger partial charge in [0.25, 0.3) is 0 Å². The molecule has 3 heterocycles. The predicted octanol–water partition coefficient (Wildman–Crippen LogP) is 4.23. The third kappa shape index (κ3) is 4.94. The monoisotopic (exact) mass is 451 g/mol. The molecular formula is C24H35Cl2N3O. The van der Waals surface area contributed by atoms with Crippen molar-refractivity contribution >= 4 is 35.7 Å². The van der Waals surface area contributed by atoms with E-state index in [-0.39, 0.29) is 30.9 Å². The van der Waals surface area contributed by atoms with Crippen molar-refractivity contribution in [3.63, 3.8) is 0 Å². The van der Waals surface area contributed by atoms with Crippen molar-refractivity contribution in [3.05, 3.63) is 42.1 Å². The molecule has 1 aromatic carbocycles. The minimum atomic E-state index is -0.219. The predicted molar refractivity (Wildman–Crippen MR) is 128 cm³/mol. The molecule has 3 aliphatic rings. The number of aliphatic hydroxyl groups excluding tert-OH is 1. The second-order valence-electron chi connectivity index (χ2n) is 9.46. The fourth-order valence-corrected chi connectivity index (χ4v) is 5.91. The number of nitrogens with one attached hydrogen (secondary N) is 1. The van der Waals surface area contributed by atoms with Crippen molar-refractivity contribution in [2.75, 3.05) is 26.2 Å². The van der Waals surface area contributed by atoms with Crippen LogP contribution in [0.15, 0.2) is 36.4 Å². The van der Waals surface area contributed by atoms with Gasteiger partial charge in [0.2, 0.25) is 0 Å². The number of para-hydroxylation sites is 1. The van der Waals surface area contributed by atoms with Crippen molar-refractivity contribution in [2.45, 2.75) is 57.1 Å². The molecule has 30 heavy (non-hydrogen) atoms. The average molecular weight is 452 g/mol. The topological polar surface area (TPSA) is 48.4 Å². The van der Waals surface area contributed by atoms with Crippen molar-refractivity contribution < 1.29 is 5.11 Å². The maximum absolute atomic E-state index is 10.7. The number of aliphatic hydroxyl groups is 1. The molecule has 166 valence electrons. The van der Waals surface area contributed by atoms with Crippen LogP contribution in [0, 0.1) is 11.3 Å². The highest BCUT2D eigenvalue weighted by Crippen LogP contribution is 2.45. The standard InChI is InChI=1S/C24H33N3O.2ClH/c28-23-17-27(21-7-9-24(10-8-21)11-13-25-14-12-24)16-19(23)15-20-6-5-18-3-1-2-4-22(18)26-20;;/h1-6,19,21,23,25,28H,7-17H2;2*1H/t19-,23-;;/m1../s1. The lowest BCUT2D eigenvalue weighted by molar-refractivity contribution is 0.0688. The Bertz CT molecular complexity index is 817. The first-order chi connectivity index (χ1) is 13.7. The first kappa shape index (κ1) is 23.7. The lowest BCUT2D eigenvalue weighted by Crippen LogP contribution is -2.44. The molecule has 0 bridgehead atoms. The largest absolute Gasteiger partial charge is 0.391 e. The second kappa shape index (κ2) is 10.1. The number of rotatable bonds is 3. The highest BCUT2D eigenvalue weighted by Gasteiger charge is 2.41. The maximum Gasteiger partial charge on any atom is 0.0711 e. The van der Waals surface area contributed by atoms with Gasteiger partial charge in [-0.05, 0) is 75.6 Å². The molecule has 1 saturated carbocycles. The molecule has 2 aliphatic heterocycles. The van der Waals surface area contributed by atoms with E-state index in [4.69, 9.17) is 4.98 Å². The first-order valence-corrected chi connectivity index (χ1v) is 11.2. The van der Waals surface area contributed by atoms with Crippen LogP contribution < -0.4 is 5.32 Å². The lowest BCUT2D eigenvalue weighted by Gasteiger charge is -2.45. The van der Waals surface area contributed by atoms with E-state index >= 15 is 0 Å². The van der Waals surface area contributed by atoms with Gasteiger partial charge in [-0.1, -0.05) is 24.3 Å². The van der Waals surface area contributed by atoms with Crippen LogP contribution in [0.2, 0.25) is 0 Å². The zero-order valence-electron chi connectivity index (χ0n) is 17.6. The number of fused-ring (bicyclic) bond motifs is 1. The van der Waals surface area contributed by atoms with Gasteiger partial charge in [0.1, 0.15) is 0 Å². The van der Waals surface area contributed by atoms with Crippen LogP contribution in [-0.2, 0) is 6.42 Å². The Morgan fingerprint density at radius 3 is 2.47 bits per heavy atom. The summed E-state index contributed by atoms with van der Waals surface area (Å²) in [6, 6.07) is 13.3. The molecule has 6 heteroatoms. The van der Waals surface area contributed by atoms with Gasteiger partial charge < -0.3 is 10.4 Å². The van der Waals surface area contributed by atoms with Gasteiger partial charge in [-0.3, -0.25) is 9.88 Å². The van der Waals surface area contributed by atoms with Crippen LogP contribution in [0.25, 0.3) is 10.9 Å². The number of nitrogens with zero attached hydrogens (tertiary/aromatic N) is 2. The summed E-state index contributed by atoms with van der Waals surface area (Å²) in [6.07, 6.45) is 8.76. The van der Waals surface area contributed by atoms with E-state index in [1.807, 2.05) is 6.07 Å². The van der Waals surface area contributed by atoms with E-state index in [2.05, 4.69) is 40.5 Å². The molecule has 2 aromatic rings. The first-order valence-electron chi connectivity index (χ1n) is 11.2. The molecule has 0 unspecified atom stereocenters. The Balaban J connectivity index is 0.00000128. The van der Waals surface area contributed by atoms with Crippen LogP contribution in [0.3, 0.4) is 0 Å². The summed E-state index contributed by atoms with van der Waals surface area (Å²) in [7, 11) is 0. The van der Waals surface area contributed by atoms with E-state index in [0.717, 1.165) is 30.7 Å². The number of piperidine rings is 1. The minimum absolute atomic E-state index is 0. The van der Waals surface area contributed by atoms with Crippen LogP contribution in [0.4, 0.5) is 0 Å². The SMILES string of the molecule is Cl.Cl.O[C@@H]1CN(C2CCC3(CCNCC3)CC2)C[C@H]1Cc1ccc2ccccc2n1. The number of benzene rings is 1. The van der Waals surface area contributed by atoms with Crippen molar-refractivity contribution in [1.82, 2.24) is 15.2 Å². The van der Waals surface area contributed by atoms with Crippen molar-refractivity contribution in [1.29, 1.82) is 0 Å². The number of halogens is 2. The molecule has 2 atom stereocenters. The van der Waals surface area contributed by atoms with Crippen LogP contribution in [-0.4, -0.2) is 53.3 Å². The normalized spacial score (nSPS) is 27.0. The third-order valence-electron chi connectivity index (χ3n) is 7.76. The summed E-state index contributed by atoms with van der Waals surface area (Å²) in [6.45, 7) is 4.27. The molecule has 2 N–H and O–H groups in total. The summed E-state index contributed by atoms with van der Waals surface area (Å²) in [4.78, 5) is 7.42. The molecular weight excluding hydrogens is 417 g/mol. The Hall–Kier alpha value is -0.910. The summed E-state index contributed by atoms with van der Waals surface area (Å²) < 4.78 is 0. The molecule has 0 amide bonds. The van der Waals surface area contributed by atoms with Crippen molar-refractivity contribution in [2.24, 2.45) is 11.3 Å². The number of aromatic nitrogens is 1. The molecule has 1 spiro atoms. The zero-order chi connectivity index (χ0) is 19.0. The smallest absolute Gasteiger partial charge is 0.0711 e. The van der Waals surface area contributed by atoms with E-state index in [1.165, 1.54) is 57.0 Å². The maximum atomic E-state index is 10.7. The summed E-state index contributed by atoms with van der Waals surface area (Å²) in [5, 5.41) is 15.4. The number of likely N-dealkylation sites (tertiary alicyclic amines) is 1. The highest BCUT2D eigenvalue weighted by molar-refractivity contribution is 5.85. The van der Waals surface area contributed by atoms with Gasteiger partial charge in [-0.15, -0.1) is 24.8 Å². The average Bonchev–Trinajstić information content (AvgIpc) is 3.09. The molecule has 2 saturated heterocycles. The van der Waals surface area contributed by atoms with Crippen LogP contribution in [0.5, 0.6) is 0 Å². The minimum Gasteiger partial charge on any atom is -0.391 e. The fourth-order valence-electron chi connectivity index (χ4n) is 5.91. The molecule has 1 aliphatic carbocycles. The zero-order valence-corrected chi connectivity index (χ0v) is 19.3. The Labute approximate surface area is 192 Å². The molecule has 4 nitrogen and oxygen atoms in total. The lowest BCUT2D eigenvalue weighted by atomic mass is 9.67. The van der Waals surface area contributed by atoms with Gasteiger partial charge in [0.15, 0.2) is 0 Å². The second-order valence-corrected chi connectivity index (χ2v) is 9.46. The third-order valence-corrected chi connectivity index (χ3v) is 7.76. The molecule has 0 radical (unpaired) electrons. The molecule has 1 aromatic heterocycles. The van der Waals surface area contributed by atoms with Crippen LogP contribution in [0.1, 0.15) is 44.2 Å². The quantitative estimate of drug-likeness (QED) is 0.732. The number of hydrogen-bond acceptors (Lipinski definition) is 4. The van der Waals surface area contributed by atoms with Gasteiger partial charge in [-0.2, -0.15) is 0 Å². The van der Waals surface area contributed by atoms with E-state index in [9.17, 15) is 5.11 Å². The summed E-state index contributed by atoms with van der Waals surface area (Å²) >= 11 is 0. The summed E-state index contributed by atoms with van der Waals surface area (Å²) in [5.74, 6) is 0.309. The van der Waals surface area contributed by atoms with Gasteiger partial charge in [-0.25, -0.2) is 0 Å².